The smallest absolute Gasteiger partial charge is 0.142 e. The van der Waals surface area contributed by atoms with Gasteiger partial charge < -0.3 is 15.8 Å². The van der Waals surface area contributed by atoms with Gasteiger partial charge in [-0.2, -0.15) is 0 Å². The fraction of sp³-hybridized carbons (Fsp3) is 0.214. The number of nitrogens with two attached hydrogens (primary N) is 1. The zero-order valence-electron chi connectivity index (χ0n) is 10.4. The molecular weight excluding hydrogens is 226 g/mol. The molecule has 1 aromatic carbocycles. The van der Waals surface area contributed by atoms with Crippen molar-refractivity contribution in [1.29, 1.82) is 0 Å². The molecule has 0 saturated heterocycles. The first-order valence-electron chi connectivity index (χ1n) is 5.90. The molecule has 4 nitrogen and oxygen atoms in total. The van der Waals surface area contributed by atoms with E-state index in [9.17, 15) is 0 Å². The molecule has 0 aliphatic rings. The second kappa shape index (κ2) is 5.91. The number of rotatable bonds is 5. The molecule has 0 saturated carbocycles. The summed E-state index contributed by atoms with van der Waals surface area (Å²) in [5.74, 6) is 1.58. The van der Waals surface area contributed by atoms with Crippen LogP contribution in [0.2, 0.25) is 0 Å². The van der Waals surface area contributed by atoms with E-state index in [2.05, 4.69) is 10.3 Å². The van der Waals surface area contributed by atoms with Crippen LogP contribution in [0.25, 0.3) is 0 Å². The van der Waals surface area contributed by atoms with Crippen molar-refractivity contribution in [3.05, 3.63) is 48.2 Å². The summed E-state index contributed by atoms with van der Waals surface area (Å²) in [7, 11) is 0. The average Bonchev–Trinajstić information content (AvgIpc) is 2.37. The number of aryl methyl sites for hydroxylation is 1. The number of benzene rings is 1. The summed E-state index contributed by atoms with van der Waals surface area (Å²) in [6.45, 7) is 3.20. The van der Waals surface area contributed by atoms with E-state index in [-0.39, 0.29) is 0 Å². The van der Waals surface area contributed by atoms with Crippen LogP contribution in [0.5, 0.6) is 5.75 Å². The summed E-state index contributed by atoms with van der Waals surface area (Å²) in [5.41, 5.74) is 7.43. The third kappa shape index (κ3) is 3.38. The van der Waals surface area contributed by atoms with Crippen molar-refractivity contribution in [2.24, 2.45) is 0 Å². The van der Waals surface area contributed by atoms with E-state index in [1.54, 1.807) is 0 Å². The number of nitrogen functional groups attached to an aromatic ring is 1. The van der Waals surface area contributed by atoms with Gasteiger partial charge in [0.1, 0.15) is 18.2 Å². The lowest BCUT2D eigenvalue weighted by atomic mass is 10.3. The molecule has 0 aliphatic carbocycles. The summed E-state index contributed by atoms with van der Waals surface area (Å²) in [4.78, 5) is 4.34. The molecule has 1 aromatic heterocycles. The van der Waals surface area contributed by atoms with Crippen molar-refractivity contribution in [3.63, 3.8) is 0 Å². The lowest BCUT2D eigenvalue weighted by Gasteiger charge is -2.09. The zero-order chi connectivity index (χ0) is 12.8. The van der Waals surface area contributed by atoms with Gasteiger partial charge in [-0.25, -0.2) is 4.98 Å². The summed E-state index contributed by atoms with van der Waals surface area (Å²) in [5, 5.41) is 3.20. The highest BCUT2D eigenvalue weighted by Crippen LogP contribution is 2.19. The van der Waals surface area contributed by atoms with E-state index >= 15 is 0 Å². The molecule has 4 heteroatoms. The molecule has 0 aliphatic heterocycles. The Kier molecular flexibility index (Phi) is 4.02. The highest BCUT2D eigenvalue weighted by molar-refractivity contribution is 5.51. The summed E-state index contributed by atoms with van der Waals surface area (Å²) >= 11 is 0. The molecule has 18 heavy (non-hydrogen) atoms. The summed E-state index contributed by atoms with van der Waals surface area (Å²) in [6, 6.07) is 13.3. The number of para-hydroxylation sites is 2. The average molecular weight is 243 g/mol. The number of nitrogens with zero attached hydrogens (tertiary/aromatic N) is 1. The van der Waals surface area contributed by atoms with Crippen molar-refractivity contribution in [2.45, 2.75) is 6.92 Å². The molecule has 94 valence electrons. The van der Waals surface area contributed by atoms with E-state index in [0.717, 1.165) is 17.3 Å². The number of aromatic nitrogens is 1. The quantitative estimate of drug-likeness (QED) is 0.625. The molecule has 0 fully saturated rings. The number of anilines is 2. The van der Waals surface area contributed by atoms with Gasteiger partial charge in [0, 0.05) is 5.69 Å². The molecule has 2 aromatic rings. The summed E-state index contributed by atoms with van der Waals surface area (Å²) < 4.78 is 5.57. The van der Waals surface area contributed by atoms with Crippen molar-refractivity contribution < 1.29 is 4.74 Å². The van der Waals surface area contributed by atoms with Gasteiger partial charge in [-0.05, 0) is 31.2 Å². The first-order valence-corrected chi connectivity index (χ1v) is 5.90. The van der Waals surface area contributed by atoms with Crippen LogP contribution < -0.4 is 15.8 Å². The predicted molar refractivity (Wildman–Crippen MR) is 73.8 cm³/mol. The topological polar surface area (TPSA) is 60.2 Å². The first kappa shape index (κ1) is 12.2. The fourth-order valence-electron chi connectivity index (χ4n) is 1.59. The minimum Gasteiger partial charge on any atom is -0.490 e. The lowest BCUT2D eigenvalue weighted by molar-refractivity contribution is 0.334. The maximum Gasteiger partial charge on any atom is 0.142 e. The van der Waals surface area contributed by atoms with Crippen LogP contribution in [0.3, 0.4) is 0 Å². The number of pyridine rings is 1. The first-order chi connectivity index (χ1) is 8.75. The Hall–Kier alpha value is -2.23. The maximum atomic E-state index is 5.78. The van der Waals surface area contributed by atoms with Crippen LogP contribution in [0.15, 0.2) is 42.5 Å². The van der Waals surface area contributed by atoms with Crippen molar-refractivity contribution in [2.75, 3.05) is 24.2 Å². The number of nitrogens with one attached hydrogen (secondary N) is 1. The fourth-order valence-corrected chi connectivity index (χ4v) is 1.59. The van der Waals surface area contributed by atoms with Gasteiger partial charge in [0.25, 0.3) is 0 Å². The SMILES string of the molecule is Cc1cccc(NCCOc2ccccc2N)n1. The molecular formula is C14H17N3O. The number of ether oxygens (including phenoxy) is 1. The van der Waals surface area contributed by atoms with Crippen molar-refractivity contribution in [3.8, 4) is 5.75 Å². The Bertz CT molecular complexity index is 514. The monoisotopic (exact) mass is 243 g/mol. The molecule has 0 radical (unpaired) electrons. The molecule has 2 rings (SSSR count). The molecule has 0 unspecified atom stereocenters. The minimum atomic E-state index is 0.545. The van der Waals surface area contributed by atoms with Crippen LogP contribution in [-0.2, 0) is 0 Å². The Morgan fingerprint density at radius 3 is 2.78 bits per heavy atom. The Labute approximate surface area is 107 Å². The van der Waals surface area contributed by atoms with Gasteiger partial charge in [0.15, 0.2) is 0 Å². The maximum absolute atomic E-state index is 5.78. The van der Waals surface area contributed by atoms with Crippen LogP contribution in [0.1, 0.15) is 5.69 Å². The van der Waals surface area contributed by atoms with Crippen molar-refractivity contribution in [1.82, 2.24) is 4.98 Å². The second-order valence-corrected chi connectivity index (χ2v) is 3.98. The largest absolute Gasteiger partial charge is 0.490 e. The molecule has 3 N–H and O–H groups in total. The van der Waals surface area contributed by atoms with E-state index in [0.29, 0.717) is 18.8 Å². The third-order valence-electron chi connectivity index (χ3n) is 2.47. The molecule has 0 spiro atoms. The van der Waals surface area contributed by atoms with Gasteiger partial charge in [-0.1, -0.05) is 18.2 Å². The molecule has 0 atom stereocenters. The summed E-state index contributed by atoms with van der Waals surface area (Å²) in [6.07, 6.45) is 0. The Morgan fingerprint density at radius 1 is 1.17 bits per heavy atom. The predicted octanol–water partition coefficient (Wildman–Crippen LogP) is 2.46. The third-order valence-corrected chi connectivity index (χ3v) is 2.47. The van der Waals surface area contributed by atoms with E-state index in [4.69, 9.17) is 10.5 Å². The molecule has 1 heterocycles. The Morgan fingerprint density at radius 2 is 2.00 bits per heavy atom. The van der Waals surface area contributed by atoms with Gasteiger partial charge in [0.2, 0.25) is 0 Å². The van der Waals surface area contributed by atoms with Gasteiger partial charge in [-0.3, -0.25) is 0 Å². The van der Waals surface area contributed by atoms with E-state index in [1.807, 2.05) is 49.4 Å². The van der Waals surface area contributed by atoms with Gasteiger partial charge in [-0.15, -0.1) is 0 Å². The normalized spacial score (nSPS) is 10.1. The van der Waals surface area contributed by atoms with E-state index in [1.165, 1.54) is 0 Å². The molecule has 0 bridgehead atoms. The minimum absolute atomic E-state index is 0.545. The van der Waals surface area contributed by atoms with Crippen LogP contribution in [0.4, 0.5) is 11.5 Å². The lowest BCUT2D eigenvalue weighted by Crippen LogP contribution is -2.13. The van der Waals surface area contributed by atoms with Gasteiger partial charge >= 0.3 is 0 Å². The molecule has 0 amide bonds. The number of hydrogen-bond donors (Lipinski definition) is 2. The number of hydrogen-bond acceptors (Lipinski definition) is 4. The van der Waals surface area contributed by atoms with Crippen LogP contribution in [0, 0.1) is 6.92 Å². The van der Waals surface area contributed by atoms with Gasteiger partial charge in [0.05, 0.1) is 12.2 Å². The Balaban J connectivity index is 1.78. The van der Waals surface area contributed by atoms with Crippen LogP contribution >= 0.6 is 0 Å². The second-order valence-electron chi connectivity index (χ2n) is 3.98. The van der Waals surface area contributed by atoms with Crippen molar-refractivity contribution >= 4 is 11.5 Å². The van der Waals surface area contributed by atoms with Crippen LogP contribution in [-0.4, -0.2) is 18.1 Å². The zero-order valence-corrected chi connectivity index (χ0v) is 10.4. The highest BCUT2D eigenvalue weighted by atomic mass is 16.5. The standard InChI is InChI=1S/C14H17N3O/c1-11-5-4-8-14(17-11)16-9-10-18-13-7-3-2-6-12(13)15/h2-8H,9-10,15H2,1H3,(H,16,17). The van der Waals surface area contributed by atoms with E-state index < -0.39 is 0 Å². The highest BCUT2D eigenvalue weighted by Gasteiger charge is 1.98.